The van der Waals surface area contributed by atoms with E-state index in [4.69, 9.17) is 21.5 Å². The van der Waals surface area contributed by atoms with E-state index in [0.29, 0.717) is 18.0 Å². The molecule has 0 aliphatic carbocycles. The normalized spacial score (nSPS) is 11.9. The van der Waals surface area contributed by atoms with Gasteiger partial charge in [0.05, 0.1) is 33.3 Å². The maximum atomic E-state index is 12.8. The summed E-state index contributed by atoms with van der Waals surface area (Å²) >= 11 is 6.01. The van der Waals surface area contributed by atoms with Crippen molar-refractivity contribution in [1.29, 1.82) is 0 Å². The first-order valence-corrected chi connectivity index (χ1v) is 11.8. The van der Waals surface area contributed by atoms with Gasteiger partial charge in [-0.15, -0.1) is 0 Å². The number of hydrogen-bond donors (Lipinski definition) is 3. The second-order valence-electron chi connectivity index (χ2n) is 5.93. The van der Waals surface area contributed by atoms with Crippen LogP contribution in [0.15, 0.2) is 46.2 Å². The zero-order chi connectivity index (χ0) is 20.9. The first-order valence-electron chi connectivity index (χ1n) is 8.35. The number of rotatable bonds is 9. The Morgan fingerprint density at radius 3 is 2.29 bits per heavy atom. The fraction of sp³-hybridized carbons (Fsp3) is 0.294. The van der Waals surface area contributed by atoms with Crippen molar-refractivity contribution in [3.63, 3.8) is 0 Å². The third-order valence-corrected chi connectivity index (χ3v) is 6.41. The molecule has 0 amide bonds. The molecule has 0 heterocycles. The highest BCUT2D eigenvalue weighted by atomic mass is 35.5. The molecule has 8 nitrogen and oxygen atoms in total. The standard InChI is InChI=1S/C17H22ClN3O5S2/c1-3-4-9-20-15-7-5-12(27(19,22)23)11-16(15)21-28(24,25)13-6-8-17(26-2)14(18)10-13/h5-8,10-11,20-21H,3-4,9H2,1-2H3,(H2,19,22,23). The first kappa shape index (κ1) is 22.3. The van der Waals surface area contributed by atoms with Crippen LogP contribution in [0.3, 0.4) is 0 Å². The summed E-state index contributed by atoms with van der Waals surface area (Å²) in [6.45, 7) is 2.61. The molecule has 0 bridgehead atoms. The maximum absolute atomic E-state index is 12.8. The SMILES string of the molecule is CCCCNc1ccc(S(N)(=O)=O)cc1NS(=O)(=O)c1ccc(OC)c(Cl)c1. The highest BCUT2D eigenvalue weighted by Gasteiger charge is 2.20. The van der Waals surface area contributed by atoms with Crippen molar-refractivity contribution in [2.75, 3.05) is 23.7 Å². The Bertz CT molecular complexity index is 1060. The number of methoxy groups -OCH3 is 1. The third-order valence-electron chi connectivity index (χ3n) is 3.84. The Labute approximate surface area is 170 Å². The molecule has 11 heteroatoms. The number of ether oxygens (including phenoxy) is 1. The molecular formula is C17H22ClN3O5S2. The Morgan fingerprint density at radius 1 is 1.04 bits per heavy atom. The predicted octanol–water partition coefficient (Wildman–Crippen LogP) is 3.01. The molecular weight excluding hydrogens is 426 g/mol. The van der Waals surface area contributed by atoms with E-state index in [0.717, 1.165) is 12.8 Å². The second-order valence-corrected chi connectivity index (χ2v) is 9.59. The van der Waals surface area contributed by atoms with E-state index in [1.54, 1.807) is 0 Å². The van der Waals surface area contributed by atoms with Gasteiger partial charge in [0.1, 0.15) is 5.75 Å². The Hall–Kier alpha value is -2.01. The van der Waals surface area contributed by atoms with Gasteiger partial charge >= 0.3 is 0 Å². The number of nitrogens with one attached hydrogen (secondary N) is 2. The van der Waals surface area contributed by atoms with Crippen LogP contribution in [0.1, 0.15) is 19.8 Å². The zero-order valence-electron chi connectivity index (χ0n) is 15.4. The van der Waals surface area contributed by atoms with E-state index in [1.807, 2.05) is 6.92 Å². The number of hydrogen-bond acceptors (Lipinski definition) is 6. The lowest BCUT2D eigenvalue weighted by molar-refractivity contribution is 0.414. The Balaban J connectivity index is 2.44. The summed E-state index contributed by atoms with van der Waals surface area (Å²) in [6, 6.07) is 7.96. The van der Waals surface area contributed by atoms with Crippen LogP contribution >= 0.6 is 11.6 Å². The summed E-state index contributed by atoms with van der Waals surface area (Å²) in [5.41, 5.74) is 0.499. The lowest BCUT2D eigenvalue weighted by Crippen LogP contribution is -2.17. The Morgan fingerprint density at radius 2 is 1.71 bits per heavy atom. The molecule has 0 aliphatic rings. The minimum Gasteiger partial charge on any atom is -0.495 e. The zero-order valence-corrected chi connectivity index (χ0v) is 17.8. The van der Waals surface area contributed by atoms with E-state index in [-0.39, 0.29) is 20.5 Å². The lowest BCUT2D eigenvalue weighted by atomic mass is 10.2. The van der Waals surface area contributed by atoms with Crippen LogP contribution in [0.25, 0.3) is 0 Å². The van der Waals surface area contributed by atoms with Crippen LogP contribution in [-0.4, -0.2) is 30.5 Å². The van der Waals surface area contributed by atoms with Gasteiger partial charge in [0.25, 0.3) is 10.0 Å². The third kappa shape index (κ3) is 5.51. The van der Waals surface area contributed by atoms with Crippen molar-refractivity contribution in [2.45, 2.75) is 29.6 Å². The molecule has 0 saturated heterocycles. The lowest BCUT2D eigenvalue weighted by Gasteiger charge is -2.16. The number of unbranched alkanes of at least 4 members (excludes halogenated alkanes) is 1. The first-order chi connectivity index (χ1) is 13.1. The molecule has 0 saturated carbocycles. The van der Waals surface area contributed by atoms with Gasteiger partial charge in [-0.1, -0.05) is 24.9 Å². The molecule has 28 heavy (non-hydrogen) atoms. The predicted molar refractivity (Wildman–Crippen MR) is 110 cm³/mol. The van der Waals surface area contributed by atoms with Gasteiger partial charge in [0, 0.05) is 6.54 Å². The van der Waals surface area contributed by atoms with Crippen LogP contribution in [0, 0.1) is 0 Å². The van der Waals surface area contributed by atoms with Crippen LogP contribution in [-0.2, 0) is 20.0 Å². The van der Waals surface area contributed by atoms with Gasteiger partial charge in [-0.3, -0.25) is 4.72 Å². The molecule has 0 aliphatic heterocycles. The van der Waals surface area contributed by atoms with Gasteiger partial charge in [0.2, 0.25) is 10.0 Å². The van der Waals surface area contributed by atoms with Gasteiger partial charge in [0.15, 0.2) is 0 Å². The average molecular weight is 448 g/mol. The summed E-state index contributed by atoms with van der Waals surface area (Å²) in [5, 5.41) is 8.38. The summed E-state index contributed by atoms with van der Waals surface area (Å²) in [5.74, 6) is 0.332. The van der Waals surface area contributed by atoms with Crippen molar-refractivity contribution in [3.8, 4) is 5.75 Å². The van der Waals surface area contributed by atoms with Gasteiger partial charge in [-0.2, -0.15) is 0 Å². The molecule has 2 aromatic carbocycles. The van der Waals surface area contributed by atoms with E-state index < -0.39 is 20.0 Å². The molecule has 0 radical (unpaired) electrons. The fourth-order valence-corrected chi connectivity index (χ4v) is 4.32. The van der Waals surface area contributed by atoms with Crippen molar-refractivity contribution >= 4 is 43.0 Å². The van der Waals surface area contributed by atoms with E-state index in [1.165, 1.54) is 43.5 Å². The van der Waals surface area contributed by atoms with Gasteiger partial charge < -0.3 is 10.1 Å². The number of anilines is 2. The van der Waals surface area contributed by atoms with Gasteiger partial charge in [-0.05, 0) is 42.8 Å². The fourth-order valence-electron chi connectivity index (χ4n) is 2.36. The monoisotopic (exact) mass is 447 g/mol. The maximum Gasteiger partial charge on any atom is 0.262 e. The highest BCUT2D eigenvalue weighted by molar-refractivity contribution is 7.92. The highest BCUT2D eigenvalue weighted by Crippen LogP contribution is 2.31. The smallest absolute Gasteiger partial charge is 0.262 e. The van der Waals surface area contributed by atoms with E-state index >= 15 is 0 Å². The van der Waals surface area contributed by atoms with E-state index in [9.17, 15) is 16.8 Å². The number of halogens is 1. The quantitative estimate of drug-likeness (QED) is 0.507. The average Bonchev–Trinajstić information content (AvgIpc) is 2.61. The van der Waals surface area contributed by atoms with Crippen LogP contribution in [0.4, 0.5) is 11.4 Å². The summed E-state index contributed by atoms with van der Waals surface area (Å²) in [4.78, 5) is -0.308. The molecule has 2 aromatic rings. The topological polar surface area (TPSA) is 128 Å². The summed E-state index contributed by atoms with van der Waals surface area (Å²) in [7, 11) is -6.63. The Kier molecular flexibility index (Phi) is 7.16. The second kappa shape index (κ2) is 8.99. The molecule has 0 unspecified atom stereocenters. The summed E-state index contributed by atoms with van der Waals surface area (Å²) in [6.07, 6.45) is 1.80. The van der Waals surface area contributed by atoms with Crippen LogP contribution in [0.5, 0.6) is 5.75 Å². The van der Waals surface area contributed by atoms with E-state index in [2.05, 4.69) is 10.0 Å². The molecule has 0 atom stereocenters. The van der Waals surface area contributed by atoms with Crippen molar-refractivity contribution in [3.05, 3.63) is 41.4 Å². The molecule has 4 N–H and O–H groups in total. The molecule has 0 spiro atoms. The minimum absolute atomic E-state index is 0.0644. The van der Waals surface area contributed by atoms with Gasteiger partial charge in [-0.25, -0.2) is 22.0 Å². The minimum atomic E-state index is -4.04. The number of benzene rings is 2. The number of nitrogens with two attached hydrogens (primary N) is 1. The van der Waals surface area contributed by atoms with Crippen LogP contribution in [0.2, 0.25) is 5.02 Å². The van der Waals surface area contributed by atoms with Crippen LogP contribution < -0.4 is 19.9 Å². The molecule has 154 valence electrons. The summed E-state index contributed by atoms with van der Waals surface area (Å²) < 4.78 is 56.3. The molecule has 0 fully saturated rings. The molecule has 2 rings (SSSR count). The van der Waals surface area contributed by atoms with Crippen molar-refractivity contribution < 1.29 is 21.6 Å². The molecule has 0 aromatic heterocycles. The van der Waals surface area contributed by atoms with Crippen molar-refractivity contribution in [1.82, 2.24) is 0 Å². The number of sulfonamides is 2. The number of primary sulfonamides is 1. The van der Waals surface area contributed by atoms with Crippen molar-refractivity contribution in [2.24, 2.45) is 5.14 Å². The largest absolute Gasteiger partial charge is 0.495 e.